The summed E-state index contributed by atoms with van der Waals surface area (Å²) in [6.45, 7) is 3.71. The summed E-state index contributed by atoms with van der Waals surface area (Å²) in [4.78, 5) is 13.2. The van der Waals surface area contributed by atoms with E-state index in [2.05, 4.69) is 4.74 Å². The normalized spacial score (nSPS) is 25.2. The molecule has 19 heavy (non-hydrogen) atoms. The quantitative estimate of drug-likeness (QED) is 0.757. The van der Waals surface area contributed by atoms with Crippen LogP contribution in [0.4, 0.5) is 13.2 Å². The lowest BCUT2D eigenvalue weighted by Crippen LogP contribution is -2.39. The molecule has 0 spiro atoms. The smallest absolute Gasteiger partial charge is 0.411 e. The van der Waals surface area contributed by atoms with Crippen LogP contribution in [-0.2, 0) is 9.53 Å². The number of likely N-dealkylation sites (tertiary alicyclic amines) is 1. The van der Waals surface area contributed by atoms with Crippen molar-refractivity contribution in [1.82, 2.24) is 4.90 Å². The van der Waals surface area contributed by atoms with Crippen LogP contribution in [0.1, 0.15) is 20.3 Å². The highest BCUT2D eigenvalue weighted by Crippen LogP contribution is 2.37. The van der Waals surface area contributed by atoms with E-state index in [4.69, 9.17) is 0 Å². The van der Waals surface area contributed by atoms with Gasteiger partial charge in [0.25, 0.3) is 0 Å². The molecule has 1 N–H and O–H groups in total. The Morgan fingerprint density at radius 3 is 2.53 bits per heavy atom. The van der Waals surface area contributed by atoms with Crippen molar-refractivity contribution in [2.75, 3.05) is 32.8 Å². The maximum absolute atomic E-state index is 11.9. The molecule has 1 fully saturated rings. The minimum Gasteiger partial charge on any atom is -0.481 e. The lowest BCUT2D eigenvalue weighted by molar-refractivity contribution is -0.174. The number of alkyl halides is 3. The van der Waals surface area contributed by atoms with E-state index in [1.807, 2.05) is 18.7 Å². The van der Waals surface area contributed by atoms with E-state index < -0.39 is 24.2 Å². The van der Waals surface area contributed by atoms with Gasteiger partial charge in [0.05, 0.1) is 12.0 Å². The molecule has 0 aromatic heterocycles. The molecule has 112 valence electrons. The second-order valence-corrected chi connectivity index (χ2v) is 5.31. The van der Waals surface area contributed by atoms with Crippen LogP contribution in [0, 0.1) is 11.3 Å². The maximum atomic E-state index is 11.9. The summed E-state index contributed by atoms with van der Waals surface area (Å²) in [7, 11) is 0. The van der Waals surface area contributed by atoms with E-state index in [-0.39, 0.29) is 12.5 Å². The van der Waals surface area contributed by atoms with Crippen molar-refractivity contribution >= 4 is 5.97 Å². The monoisotopic (exact) mass is 283 g/mol. The zero-order valence-electron chi connectivity index (χ0n) is 11.2. The van der Waals surface area contributed by atoms with E-state index in [1.165, 1.54) is 0 Å². The molecule has 7 heteroatoms. The van der Waals surface area contributed by atoms with E-state index in [9.17, 15) is 23.1 Å². The number of carbonyl (C=O) groups is 1. The van der Waals surface area contributed by atoms with Gasteiger partial charge in [-0.25, -0.2) is 0 Å². The van der Waals surface area contributed by atoms with Gasteiger partial charge in [0.1, 0.15) is 6.61 Å². The minimum atomic E-state index is -4.31. The molecule has 1 atom stereocenters. The molecular weight excluding hydrogens is 263 g/mol. The van der Waals surface area contributed by atoms with Gasteiger partial charge >= 0.3 is 12.1 Å². The first-order valence-electron chi connectivity index (χ1n) is 6.27. The Bertz CT molecular complexity index is 320. The van der Waals surface area contributed by atoms with Crippen LogP contribution in [-0.4, -0.2) is 55.0 Å². The third-order valence-electron chi connectivity index (χ3n) is 3.73. The summed E-state index contributed by atoms with van der Waals surface area (Å²) in [5.74, 6) is -0.840. The number of rotatable bonds is 6. The third kappa shape index (κ3) is 4.35. The van der Waals surface area contributed by atoms with Crippen LogP contribution in [0.3, 0.4) is 0 Å². The Labute approximate surface area is 110 Å². The summed E-state index contributed by atoms with van der Waals surface area (Å²) < 4.78 is 40.2. The van der Waals surface area contributed by atoms with Gasteiger partial charge in [-0.05, 0) is 18.9 Å². The van der Waals surface area contributed by atoms with Crippen molar-refractivity contribution in [3.8, 4) is 0 Å². The molecule has 1 unspecified atom stereocenters. The van der Waals surface area contributed by atoms with Crippen LogP contribution in [0.15, 0.2) is 0 Å². The summed E-state index contributed by atoms with van der Waals surface area (Å²) in [5, 5.41) is 9.32. The highest BCUT2D eigenvalue weighted by molar-refractivity contribution is 5.75. The fraction of sp³-hybridized carbons (Fsp3) is 0.917. The first-order chi connectivity index (χ1) is 8.67. The van der Waals surface area contributed by atoms with Gasteiger partial charge in [-0.1, -0.05) is 13.8 Å². The molecule has 0 amide bonds. The first kappa shape index (κ1) is 16.2. The molecule has 1 saturated heterocycles. The Morgan fingerprint density at radius 2 is 2.11 bits per heavy atom. The summed E-state index contributed by atoms with van der Waals surface area (Å²) in [5.41, 5.74) is -0.788. The molecule has 1 aliphatic heterocycles. The largest absolute Gasteiger partial charge is 0.481 e. The van der Waals surface area contributed by atoms with Crippen LogP contribution >= 0.6 is 0 Å². The summed E-state index contributed by atoms with van der Waals surface area (Å²) in [6.07, 6.45) is -3.78. The van der Waals surface area contributed by atoms with Crippen molar-refractivity contribution in [2.45, 2.75) is 26.4 Å². The Hall–Kier alpha value is -0.820. The highest BCUT2D eigenvalue weighted by atomic mass is 19.4. The van der Waals surface area contributed by atoms with Crippen molar-refractivity contribution < 1.29 is 27.8 Å². The van der Waals surface area contributed by atoms with Crippen LogP contribution < -0.4 is 0 Å². The molecular formula is C12H20F3NO3. The van der Waals surface area contributed by atoms with Gasteiger partial charge in [-0.3, -0.25) is 9.69 Å². The number of carboxylic acids is 1. The fourth-order valence-corrected chi connectivity index (χ4v) is 2.38. The van der Waals surface area contributed by atoms with Crippen molar-refractivity contribution in [1.29, 1.82) is 0 Å². The second kappa shape index (κ2) is 6.09. The number of hydrogen-bond donors (Lipinski definition) is 1. The van der Waals surface area contributed by atoms with Gasteiger partial charge in [0.2, 0.25) is 0 Å². The van der Waals surface area contributed by atoms with Gasteiger partial charge in [0, 0.05) is 13.1 Å². The Morgan fingerprint density at radius 1 is 1.47 bits per heavy atom. The number of halogens is 3. The number of nitrogens with zero attached hydrogens (tertiary/aromatic N) is 1. The van der Waals surface area contributed by atoms with Gasteiger partial charge in [-0.2, -0.15) is 13.2 Å². The predicted molar refractivity (Wildman–Crippen MR) is 62.8 cm³/mol. The number of aliphatic carboxylic acids is 1. The number of carboxylic acid groups (broad SMARTS) is 1. The zero-order valence-corrected chi connectivity index (χ0v) is 11.2. The zero-order chi connectivity index (χ0) is 14.7. The SMILES string of the molecule is CC(C)C1(C(=O)O)CCN(CCOCC(F)(F)F)C1. The lowest BCUT2D eigenvalue weighted by atomic mass is 9.76. The fourth-order valence-electron chi connectivity index (χ4n) is 2.38. The third-order valence-corrected chi connectivity index (χ3v) is 3.73. The number of hydrogen-bond acceptors (Lipinski definition) is 3. The molecule has 0 radical (unpaired) electrons. The average molecular weight is 283 g/mol. The Kier molecular flexibility index (Phi) is 5.20. The van der Waals surface area contributed by atoms with E-state index in [0.29, 0.717) is 26.1 Å². The van der Waals surface area contributed by atoms with Gasteiger partial charge < -0.3 is 9.84 Å². The molecule has 0 aromatic rings. The molecule has 4 nitrogen and oxygen atoms in total. The molecule has 1 aliphatic rings. The maximum Gasteiger partial charge on any atom is 0.411 e. The second-order valence-electron chi connectivity index (χ2n) is 5.31. The van der Waals surface area contributed by atoms with E-state index >= 15 is 0 Å². The molecule has 0 saturated carbocycles. The topological polar surface area (TPSA) is 49.8 Å². The minimum absolute atomic E-state index is 0.00825. The first-order valence-corrected chi connectivity index (χ1v) is 6.27. The van der Waals surface area contributed by atoms with Crippen LogP contribution in [0.5, 0.6) is 0 Å². The molecule has 1 heterocycles. The van der Waals surface area contributed by atoms with Crippen LogP contribution in [0.25, 0.3) is 0 Å². The average Bonchev–Trinajstić information content (AvgIpc) is 2.68. The lowest BCUT2D eigenvalue weighted by Gasteiger charge is -2.28. The van der Waals surface area contributed by atoms with Gasteiger partial charge in [0.15, 0.2) is 0 Å². The standard InChI is InChI=1S/C12H20F3NO3/c1-9(2)11(10(17)18)3-4-16(7-11)5-6-19-8-12(13,14)15/h9H,3-8H2,1-2H3,(H,17,18). The number of ether oxygens (including phenoxy) is 1. The summed E-state index contributed by atoms with van der Waals surface area (Å²) in [6, 6.07) is 0. The van der Waals surface area contributed by atoms with Crippen LogP contribution in [0.2, 0.25) is 0 Å². The highest BCUT2D eigenvalue weighted by Gasteiger charge is 2.46. The van der Waals surface area contributed by atoms with Crippen molar-refractivity contribution in [2.24, 2.45) is 11.3 Å². The van der Waals surface area contributed by atoms with Gasteiger partial charge in [-0.15, -0.1) is 0 Å². The summed E-state index contributed by atoms with van der Waals surface area (Å²) >= 11 is 0. The molecule has 1 rings (SSSR count). The predicted octanol–water partition coefficient (Wildman–Crippen LogP) is 2.00. The van der Waals surface area contributed by atoms with E-state index in [1.54, 1.807) is 0 Å². The van der Waals surface area contributed by atoms with Crippen molar-refractivity contribution in [3.63, 3.8) is 0 Å². The molecule has 0 aromatic carbocycles. The Balaban J connectivity index is 2.38. The molecule has 0 bridgehead atoms. The molecule has 0 aliphatic carbocycles. The van der Waals surface area contributed by atoms with E-state index in [0.717, 1.165) is 0 Å². The van der Waals surface area contributed by atoms with Crippen molar-refractivity contribution in [3.05, 3.63) is 0 Å².